The molecule has 1 fully saturated rings. The number of likely N-dealkylation sites (tertiary alicyclic amines) is 1. The Hall–Kier alpha value is -2.55. The molecule has 2 heterocycles. The first-order valence-corrected chi connectivity index (χ1v) is 9.18. The second kappa shape index (κ2) is 7.36. The molecule has 0 spiro atoms. The van der Waals surface area contributed by atoms with Gasteiger partial charge < -0.3 is 10.1 Å². The number of amides is 3. The summed E-state index contributed by atoms with van der Waals surface area (Å²) < 4.78 is 4.93. The zero-order chi connectivity index (χ0) is 18.8. The number of carbonyl (C=O) groups excluding carboxylic acids is 4. The first-order chi connectivity index (χ1) is 12.4. The highest BCUT2D eigenvalue weighted by molar-refractivity contribution is 7.17. The van der Waals surface area contributed by atoms with Crippen LogP contribution in [-0.2, 0) is 19.1 Å². The SMILES string of the molecule is CCOC(=O)c1sc(NC(=O)CN2C(=O)[C@@H]3CC=CC[C@H]3C2=O)nc1C. The average Bonchev–Trinajstić information content (AvgIpc) is 3.08. The molecule has 1 aliphatic heterocycles. The highest BCUT2D eigenvalue weighted by Gasteiger charge is 2.47. The molecule has 1 aromatic rings. The van der Waals surface area contributed by atoms with Crippen molar-refractivity contribution in [3.8, 4) is 0 Å². The lowest BCUT2D eigenvalue weighted by Crippen LogP contribution is -2.38. The molecule has 0 radical (unpaired) electrons. The van der Waals surface area contributed by atoms with E-state index < -0.39 is 11.9 Å². The zero-order valence-electron chi connectivity index (χ0n) is 14.5. The van der Waals surface area contributed by atoms with Crippen LogP contribution >= 0.6 is 11.3 Å². The van der Waals surface area contributed by atoms with Crippen LogP contribution in [0.25, 0.3) is 0 Å². The lowest BCUT2D eigenvalue weighted by Gasteiger charge is -2.14. The topological polar surface area (TPSA) is 106 Å². The highest BCUT2D eigenvalue weighted by atomic mass is 32.1. The monoisotopic (exact) mass is 377 g/mol. The van der Waals surface area contributed by atoms with Crippen molar-refractivity contribution in [2.75, 3.05) is 18.5 Å². The molecular formula is C17H19N3O5S. The van der Waals surface area contributed by atoms with Gasteiger partial charge in [0.25, 0.3) is 0 Å². The van der Waals surface area contributed by atoms with Gasteiger partial charge in [0.1, 0.15) is 11.4 Å². The van der Waals surface area contributed by atoms with E-state index in [4.69, 9.17) is 4.74 Å². The van der Waals surface area contributed by atoms with E-state index in [0.29, 0.717) is 23.4 Å². The zero-order valence-corrected chi connectivity index (χ0v) is 15.3. The molecule has 0 aromatic carbocycles. The maximum Gasteiger partial charge on any atom is 0.350 e. The van der Waals surface area contributed by atoms with E-state index in [1.807, 2.05) is 12.2 Å². The molecule has 3 rings (SSSR count). The number of allylic oxidation sites excluding steroid dienone is 2. The average molecular weight is 377 g/mol. The van der Waals surface area contributed by atoms with E-state index in [1.165, 1.54) is 0 Å². The molecule has 8 nitrogen and oxygen atoms in total. The summed E-state index contributed by atoms with van der Waals surface area (Å²) in [5.41, 5.74) is 0.453. The summed E-state index contributed by atoms with van der Waals surface area (Å²) in [7, 11) is 0. The Morgan fingerprint density at radius 3 is 2.46 bits per heavy atom. The summed E-state index contributed by atoms with van der Waals surface area (Å²) in [6.07, 6.45) is 4.85. The molecule has 1 N–H and O–H groups in total. The number of anilines is 1. The molecule has 1 aliphatic carbocycles. The van der Waals surface area contributed by atoms with E-state index >= 15 is 0 Å². The van der Waals surface area contributed by atoms with Crippen molar-refractivity contribution in [1.29, 1.82) is 0 Å². The molecule has 2 aliphatic rings. The van der Waals surface area contributed by atoms with Gasteiger partial charge in [0.05, 0.1) is 24.1 Å². The lowest BCUT2D eigenvalue weighted by molar-refractivity contribution is -0.142. The van der Waals surface area contributed by atoms with Crippen LogP contribution in [0.15, 0.2) is 12.2 Å². The molecule has 0 unspecified atom stereocenters. The third-order valence-electron chi connectivity index (χ3n) is 4.40. The number of nitrogens with zero attached hydrogens (tertiary/aromatic N) is 2. The Kier molecular flexibility index (Phi) is 5.17. The van der Waals surface area contributed by atoms with Crippen LogP contribution in [0, 0.1) is 18.8 Å². The second-order valence-electron chi connectivity index (χ2n) is 6.12. The van der Waals surface area contributed by atoms with E-state index in [-0.39, 0.29) is 41.9 Å². The molecule has 0 bridgehead atoms. The maximum atomic E-state index is 12.4. The van der Waals surface area contributed by atoms with Crippen LogP contribution in [0.1, 0.15) is 35.1 Å². The minimum absolute atomic E-state index is 0.230. The van der Waals surface area contributed by atoms with Crippen LogP contribution in [0.5, 0.6) is 0 Å². The van der Waals surface area contributed by atoms with Crippen molar-refractivity contribution in [1.82, 2.24) is 9.88 Å². The van der Waals surface area contributed by atoms with Crippen LogP contribution in [0.3, 0.4) is 0 Å². The molecule has 9 heteroatoms. The van der Waals surface area contributed by atoms with E-state index in [9.17, 15) is 19.2 Å². The minimum atomic E-state index is -0.525. The Labute approximate surface area is 154 Å². The molecular weight excluding hydrogens is 358 g/mol. The van der Waals surface area contributed by atoms with Crippen molar-refractivity contribution in [2.45, 2.75) is 26.7 Å². The molecule has 1 saturated heterocycles. The van der Waals surface area contributed by atoms with Gasteiger partial charge in [-0.2, -0.15) is 0 Å². The number of carbonyl (C=O) groups is 4. The lowest BCUT2D eigenvalue weighted by atomic mass is 9.85. The largest absolute Gasteiger partial charge is 0.462 e. The predicted octanol–water partition coefficient (Wildman–Crippen LogP) is 1.52. The summed E-state index contributed by atoms with van der Waals surface area (Å²) in [6, 6.07) is 0. The fraction of sp³-hybridized carbons (Fsp3) is 0.471. The maximum absolute atomic E-state index is 12.4. The number of nitrogens with one attached hydrogen (secondary N) is 1. The molecule has 26 heavy (non-hydrogen) atoms. The first kappa shape index (κ1) is 18.2. The van der Waals surface area contributed by atoms with Gasteiger partial charge in [-0.25, -0.2) is 9.78 Å². The van der Waals surface area contributed by atoms with Gasteiger partial charge in [-0.05, 0) is 26.7 Å². The quantitative estimate of drug-likeness (QED) is 0.474. The fourth-order valence-electron chi connectivity index (χ4n) is 3.16. The molecule has 138 valence electrons. The van der Waals surface area contributed by atoms with Gasteiger partial charge in [0.15, 0.2) is 5.13 Å². The molecule has 0 saturated carbocycles. The van der Waals surface area contributed by atoms with Gasteiger partial charge in [-0.1, -0.05) is 23.5 Å². The number of ether oxygens (including phenoxy) is 1. The van der Waals surface area contributed by atoms with Crippen molar-refractivity contribution < 1.29 is 23.9 Å². The Morgan fingerprint density at radius 1 is 1.27 bits per heavy atom. The van der Waals surface area contributed by atoms with Crippen LogP contribution in [0.2, 0.25) is 0 Å². The van der Waals surface area contributed by atoms with E-state index in [1.54, 1.807) is 13.8 Å². The number of fused-ring (bicyclic) bond motifs is 1. The normalized spacial score (nSPS) is 21.7. The fourth-order valence-corrected chi connectivity index (χ4v) is 4.04. The number of hydrogen-bond donors (Lipinski definition) is 1. The van der Waals surface area contributed by atoms with Gasteiger partial charge >= 0.3 is 5.97 Å². The van der Waals surface area contributed by atoms with E-state index in [2.05, 4.69) is 10.3 Å². The number of aryl methyl sites for hydroxylation is 1. The number of aromatic nitrogens is 1. The van der Waals surface area contributed by atoms with Crippen LogP contribution in [-0.4, -0.2) is 46.7 Å². The van der Waals surface area contributed by atoms with Crippen LogP contribution < -0.4 is 5.32 Å². The van der Waals surface area contributed by atoms with Crippen molar-refractivity contribution in [2.24, 2.45) is 11.8 Å². The summed E-state index contributed by atoms with van der Waals surface area (Å²) in [6.45, 7) is 3.24. The Bertz CT molecular complexity index is 774. The van der Waals surface area contributed by atoms with Gasteiger partial charge in [-0.15, -0.1) is 0 Å². The predicted molar refractivity (Wildman–Crippen MR) is 93.5 cm³/mol. The summed E-state index contributed by atoms with van der Waals surface area (Å²) in [5, 5.41) is 2.78. The second-order valence-corrected chi connectivity index (χ2v) is 7.12. The Morgan fingerprint density at radius 2 is 1.88 bits per heavy atom. The highest BCUT2D eigenvalue weighted by Crippen LogP contribution is 2.35. The van der Waals surface area contributed by atoms with Gasteiger partial charge in [0, 0.05) is 0 Å². The summed E-state index contributed by atoms with van der Waals surface area (Å²) in [4.78, 5) is 54.3. The number of imide groups is 1. The first-order valence-electron chi connectivity index (χ1n) is 8.37. The Balaban J connectivity index is 1.65. The smallest absolute Gasteiger partial charge is 0.350 e. The van der Waals surface area contributed by atoms with Crippen molar-refractivity contribution >= 4 is 40.2 Å². The van der Waals surface area contributed by atoms with Crippen molar-refractivity contribution in [3.05, 3.63) is 22.7 Å². The summed E-state index contributed by atoms with van der Waals surface area (Å²) >= 11 is 1.000. The molecule has 3 amide bonds. The molecule has 2 atom stereocenters. The van der Waals surface area contributed by atoms with E-state index in [0.717, 1.165) is 16.2 Å². The number of esters is 1. The standard InChI is InChI=1S/C17H19N3O5S/c1-3-25-16(24)13-9(2)18-17(26-13)19-12(21)8-20-14(22)10-6-4-5-7-11(10)15(20)23/h4-5,10-11H,3,6-8H2,1-2H3,(H,18,19,21)/t10-,11-/m1/s1. The van der Waals surface area contributed by atoms with Gasteiger partial charge in [-0.3, -0.25) is 19.3 Å². The van der Waals surface area contributed by atoms with Crippen molar-refractivity contribution in [3.63, 3.8) is 0 Å². The minimum Gasteiger partial charge on any atom is -0.462 e. The number of hydrogen-bond acceptors (Lipinski definition) is 7. The third kappa shape index (κ3) is 3.39. The van der Waals surface area contributed by atoms with Crippen LogP contribution in [0.4, 0.5) is 5.13 Å². The summed E-state index contributed by atoms with van der Waals surface area (Å²) in [5.74, 6) is -2.35. The van der Waals surface area contributed by atoms with Gasteiger partial charge in [0.2, 0.25) is 17.7 Å². The third-order valence-corrected chi connectivity index (χ3v) is 5.46. The number of thiazole rings is 1. The molecule has 1 aromatic heterocycles. The number of rotatable bonds is 5.